The lowest BCUT2D eigenvalue weighted by atomic mass is 10.4. The van der Waals surface area contributed by atoms with E-state index in [2.05, 4.69) is 10.3 Å². The van der Waals surface area contributed by atoms with Crippen LogP contribution in [0.4, 0.5) is 0 Å². The zero-order valence-electron chi connectivity index (χ0n) is 11.6. The highest BCUT2D eigenvalue weighted by Gasteiger charge is 2.23. The Labute approximate surface area is 131 Å². The van der Waals surface area contributed by atoms with Crippen molar-refractivity contribution in [2.24, 2.45) is 0 Å². The molecule has 114 valence electrons. The predicted octanol–water partition coefficient (Wildman–Crippen LogP) is 1.66. The molecule has 0 saturated heterocycles. The van der Waals surface area contributed by atoms with Gasteiger partial charge in [0.25, 0.3) is 10.0 Å². The van der Waals surface area contributed by atoms with Gasteiger partial charge in [-0.2, -0.15) is 4.31 Å². The molecule has 9 heteroatoms. The number of thiazole rings is 1. The summed E-state index contributed by atoms with van der Waals surface area (Å²) in [5.74, 6) is -0.145. The van der Waals surface area contributed by atoms with Crippen molar-refractivity contribution in [3.05, 3.63) is 33.6 Å². The van der Waals surface area contributed by atoms with Gasteiger partial charge < -0.3 is 5.32 Å². The van der Waals surface area contributed by atoms with Gasteiger partial charge in [-0.15, -0.1) is 22.7 Å². The molecule has 0 aliphatic rings. The van der Waals surface area contributed by atoms with Crippen molar-refractivity contribution in [2.45, 2.75) is 24.2 Å². The lowest BCUT2D eigenvalue weighted by molar-refractivity contribution is -0.119. The van der Waals surface area contributed by atoms with E-state index in [1.165, 1.54) is 29.6 Å². The summed E-state index contributed by atoms with van der Waals surface area (Å²) in [5, 5.41) is 4.47. The number of hydrogen-bond acceptors (Lipinski definition) is 6. The number of aromatic nitrogens is 1. The number of hydrogen-bond donors (Lipinski definition) is 1. The number of rotatable bonds is 6. The second kappa shape index (κ2) is 6.65. The first-order valence-corrected chi connectivity index (χ1v) is 9.26. The lowest BCUT2D eigenvalue weighted by Crippen LogP contribution is -2.25. The number of nitrogens with one attached hydrogen (secondary N) is 1. The fourth-order valence-electron chi connectivity index (χ4n) is 1.59. The van der Waals surface area contributed by atoms with Crippen LogP contribution in [0.2, 0.25) is 0 Å². The van der Waals surface area contributed by atoms with Crippen molar-refractivity contribution in [3.63, 3.8) is 0 Å². The Kier molecular flexibility index (Phi) is 5.09. The van der Waals surface area contributed by atoms with Crippen LogP contribution in [0, 0.1) is 0 Å². The Balaban J connectivity index is 2.10. The molecule has 2 aromatic heterocycles. The maximum atomic E-state index is 12.4. The minimum absolute atomic E-state index is 0.145. The average molecular weight is 345 g/mol. The Morgan fingerprint density at radius 1 is 1.43 bits per heavy atom. The molecule has 6 nitrogen and oxygen atoms in total. The van der Waals surface area contributed by atoms with Gasteiger partial charge in [-0.3, -0.25) is 4.79 Å². The zero-order valence-corrected chi connectivity index (χ0v) is 14.0. The molecule has 0 aliphatic carbocycles. The number of carbonyl (C=O) groups excluding carboxylic acids is 1. The molecule has 21 heavy (non-hydrogen) atoms. The molecule has 0 unspecified atom stereocenters. The maximum Gasteiger partial charge on any atom is 0.252 e. The van der Waals surface area contributed by atoms with Gasteiger partial charge in [-0.05, 0) is 12.1 Å². The summed E-state index contributed by atoms with van der Waals surface area (Å²) in [6, 6.07) is 3.28. The van der Waals surface area contributed by atoms with E-state index in [0.29, 0.717) is 6.54 Å². The van der Waals surface area contributed by atoms with Gasteiger partial charge in [-0.25, -0.2) is 13.4 Å². The highest BCUT2D eigenvalue weighted by atomic mass is 32.2. The van der Waals surface area contributed by atoms with Crippen molar-refractivity contribution in [2.75, 3.05) is 7.05 Å². The van der Waals surface area contributed by atoms with Gasteiger partial charge in [0.05, 0.1) is 24.3 Å². The molecule has 0 spiro atoms. The second-order valence-corrected chi connectivity index (χ2v) is 8.53. The average Bonchev–Trinajstić information content (AvgIpc) is 3.07. The van der Waals surface area contributed by atoms with E-state index >= 15 is 0 Å². The van der Waals surface area contributed by atoms with Gasteiger partial charge in [0.2, 0.25) is 5.91 Å². The zero-order chi connectivity index (χ0) is 15.5. The van der Waals surface area contributed by atoms with Gasteiger partial charge in [-0.1, -0.05) is 0 Å². The van der Waals surface area contributed by atoms with Gasteiger partial charge in [0, 0.05) is 24.2 Å². The van der Waals surface area contributed by atoms with E-state index in [1.54, 1.807) is 17.6 Å². The molecule has 2 aromatic rings. The van der Waals surface area contributed by atoms with E-state index in [9.17, 15) is 13.2 Å². The Bertz CT molecular complexity index is 707. The normalized spacial score (nSPS) is 11.8. The number of carbonyl (C=O) groups is 1. The molecular weight excluding hydrogens is 330 g/mol. The third-order valence-corrected chi connectivity index (χ3v) is 6.67. The van der Waals surface area contributed by atoms with Crippen molar-refractivity contribution in [1.82, 2.24) is 14.6 Å². The summed E-state index contributed by atoms with van der Waals surface area (Å²) >= 11 is 2.59. The second-order valence-electron chi connectivity index (χ2n) is 4.37. The van der Waals surface area contributed by atoms with Crippen molar-refractivity contribution in [3.8, 4) is 0 Å². The summed E-state index contributed by atoms with van der Waals surface area (Å²) in [5.41, 5.74) is 2.40. The van der Waals surface area contributed by atoms with E-state index in [0.717, 1.165) is 21.9 Å². The molecule has 2 rings (SSSR count). The van der Waals surface area contributed by atoms with E-state index in [-0.39, 0.29) is 16.7 Å². The molecule has 0 saturated carbocycles. The van der Waals surface area contributed by atoms with Crippen molar-refractivity contribution in [1.29, 1.82) is 0 Å². The number of amides is 1. The third kappa shape index (κ3) is 4.10. The molecule has 0 bridgehead atoms. The summed E-state index contributed by atoms with van der Waals surface area (Å²) in [6.07, 6.45) is 0. The summed E-state index contributed by atoms with van der Waals surface area (Å²) < 4.78 is 26.4. The van der Waals surface area contributed by atoms with Crippen LogP contribution in [0.5, 0.6) is 0 Å². The highest BCUT2D eigenvalue weighted by Crippen LogP contribution is 2.25. The van der Waals surface area contributed by atoms with Crippen LogP contribution in [0.25, 0.3) is 0 Å². The molecular formula is C12H15N3O3S3. The predicted molar refractivity (Wildman–Crippen MR) is 82.6 cm³/mol. The molecule has 2 heterocycles. The van der Waals surface area contributed by atoms with E-state index in [4.69, 9.17) is 0 Å². The monoisotopic (exact) mass is 345 g/mol. The van der Waals surface area contributed by atoms with Crippen LogP contribution in [-0.2, 0) is 27.9 Å². The molecule has 1 N–H and O–H groups in total. The molecule has 1 amide bonds. The smallest absolute Gasteiger partial charge is 0.252 e. The maximum absolute atomic E-state index is 12.4. The topological polar surface area (TPSA) is 79.4 Å². The van der Waals surface area contributed by atoms with Crippen LogP contribution < -0.4 is 5.32 Å². The molecule has 0 aromatic carbocycles. The summed E-state index contributed by atoms with van der Waals surface area (Å²) in [6.45, 7) is 2.00. The first kappa shape index (κ1) is 16.1. The minimum atomic E-state index is -3.53. The minimum Gasteiger partial charge on any atom is -0.351 e. The van der Waals surface area contributed by atoms with Crippen LogP contribution >= 0.6 is 22.7 Å². The number of thiophene rings is 1. The lowest BCUT2D eigenvalue weighted by Gasteiger charge is -2.14. The van der Waals surface area contributed by atoms with E-state index in [1.807, 2.05) is 5.38 Å². The van der Waals surface area contributed by atoms with Crippen LogP contribution in [-0.4, -0.2) is 30.7 Å². The largest absolute Gasteiger partial charge is 0.351 e. The highest BCUT2D eigenvalue weighted by molar-refractivity contribution is 7.91. The fraction of sp³-hybridized carbons (Fsp3) is 0.333. The van der Waals surface area contributed by atoms with Gasteiger partial charge in [0.1, 0.15) is 4.21 Å². The first-order chi connectivity index (χ1) is 9.89. The summed E-state index contributed by atoms with van der Waals surface area (Å²) in [4.78, 5) is 15.8. The van der Waals surface area contributed by atoms with Crippen LogP contribution in [0.3, 0.4) is 0 Å². The Hall–Kier alpha value is -1.29. The van der Waals surface area contributed by atoms with Crippen molar-refractivity contribution >= 4 is 38.6 Å². The Morgan fingerprint density at radius 2 is 2.19 bits per heavy atom. The fourth-order valence-corrected chi connectivity index (χ4v) is 4.78. The summed E-state index contributed by atoms with van der Waals surface area (Å²) in [7, 11) is -2.00. The van der Waals surface area contributed by atoms with E-state index < -0.39 is 10.0 Å². The standard InChI is InChI=1S/C12H15N3O3S3/c1-9(16)13-5-11-3-4-12(20-11)21(17,18)15(2)6-10-7-19-8-14-10/h3-4,7-8H,5-6H2,1-2H3,(H,13,16). The quantitative estimate of drug-likeness (QED) is 0.863. The molecule has 0 radical (unpaired) electrons. The molecule has 0 fully saturated rings. The number of sulfonamides is 1. The number of nitrogens with zero attached hydrogens (tertiary/aromatic N) is 2. The third-order valence-electron chi connectivity index (χ3n) is 2.68. The van der Waals surface area contributed by atoms with Gasteiger partial charge in [0.15, 0.2) is 0 Å². The van der Waals surface area contributed by atoms with Gasteiger partial charge >= 0.3 is 0 Å². The first-order valence-electron chi connectivity index (χ1n) is 6.06. The van der Waals surface area contributed by atoms with Crippen molar-refractivity contribution < 1.29 is 13.2 Å². The molecule has 0 aliphatic heterocycles. The van der Waals surface area contributed by atoms with Crippen LogP contribution in [0.15, 0.2) is 27.2 Å². The SMILES string of the molecule is CC(=O)NCc1ccc(S(=O)(=O)N(C)Cc2cscn2)s1. The van der Waals surface area contributed by atoms with Crippen LogP contribution in [0.1, 0.15) is 17.5 Å². The molecule has 0 atom stereocenters. The Morgan fingerprint density at radius 3 is 2.81 bits per heavy atom.